The van der Waals surface area contributed by atoms with Crippen molar-refractivity contribution >= 4 is 27.4 Å². The Morgan fingerprint density at radius 1 is 1.05 bits per heavy atom. The average molecular weight is 297 g/mol. The molecular weight excluding hydrogens is 278 g/mol. The molecule has 0 saturated carbocycles. The predicted molar refractivity (Wildman–Crippen MR) is 91.1 cm³/mol. The first-order valence-electron chi connectivity index (χ1n) is 7.28. The van der Waals surface area contributed by atoms with Crippen molar-refractivity contribution in [1.29, 1.82) is 0 Å². The summed E-state index contributed by atoms with van der Waals surface area (Å²) >= 11 is 1.69. The van der Waals surface area contributed by atoms with Crippen LogP contribution in [0.25, 0.3) is 21.3 Å². The molecule has 2 heterocycles. The van der Waals surface area contributed by atoms with Gasteiger partial charge in [-0.15, -0.1) is 11.3 Å². The molecule has 0 unspecified atom stereocenters. The third-order valence-corrected chi connectivity index (χ3v) is 4.66. The zero-order valence-electron chi connectivity index (χ0n) is 12.6. The van der Waals surface area contributed by atoms with Gasteiger partial charge < -0.3 is 4.90 Å². The second-order valence-corrected chi connectivity index (χ2v) is 5.92. The van der Waals surface area contributed by atoms with Gasteiger partial charge in [-0.3, -0.25) is 0 Å². The molecule has 0 spiro atoms. The fourth-order valence-corrected chi connectivity index (χ4v) is 3.48. The second-order valence-electron chi connectivity index (χ2n) is 5.07. The molecule has 3 aromatic rings. The molecule has 0 atom stereocenters. The van der Waals surface area contributed by atoms with E-state index in [-0.39, 0.29) is 0 Å². The lowest BCUT2D eigenvalue weighted by atomic mass is 10.0. The standard InChI is InChI=1S/C17H19N3S/c1-4-20(5-2)16-15-14(10-21-17(15)19-11-18-16)13-8-6-12(3)7-9-13/h6-11H,4-5H2,1-3H3. The van der Waals surface area contributed by atoms with Gasteiger partial charge in [0, 0.05) is 24.0 Å². The van der Waals surface area contributed by atoms with Gasteiger partial charge in [0.15, 0.2) is 0 Å². The number of thiophene rings is 1. The summed E-state index contributed by atoms with van der Waals surface area (Å²) in [5.41, 5.74) is 3.74. The third-order valence-electron chi connectivity index (χ3n) is 3.78. The first-order valence-corrected chi connectivity index (χ1v) is 8.16. The largest absolute Gasteiger partial charge is 0.357 e. The van der Waals surface area contributed by atoms with Crippen molar-refractivity contribution in [2.24, 2.45) is 0 Å². The Balaban J connectivity index is 2.22. The molecule has 2 aromatic heterocycles. The van der Waals surface area contributed by atoms with Gasteiger partial charge in [0.2, 0.25) is 0 Å². The average Bonchev–Trinajstić information content (AvgIpc) is 2.94. The van der Waals surface area contributed by atoms with Crippen LogP contribution in [0.15, 0.2) is 36.0 Å². The molecule has 108 valence electrons. The van der Waals surface area contributed by atoms with Crippen LogP contribution in [0.5, 0.6) is 0 Å². The summed E-state index contributed by atoms with van der Waals surface area (Å²) in [5.74, 6) is 1.04. The van der Waals surface area contributed by atoms with Crippen molar-refractivity contribution < 1.29 is 0 Å². The quantitative estimate of drug-likeness (QED) is 0.709. The predicted octanol–water partition coefficient (Wildman–Crippen LogP) is 4.51. The number of nitrogens with zero attached hydrogens (tertiary/aromatic N) is 3. The van der Waals surface area contributed by atoms with E-state index in [1.807, 2.05) is 0 Å². The molecule has 0 saturated heterocycles. The maximum atomic E-state index is 4.55. The molecule has 0 fully saturated rings. The van der Waals surface area contributed by atoms with Gasteiger partial charge >= 0.3 is 0 Å². The minimum atomic E-state index is 0.950. The molecule has 3 nitrogen and oxygen atoms in total. The van der Waals surface area contributed by atoms with Crippen molar-refractivity contribution in [1.82, 2.24) is 9.97 Å². The van der Waals surface area contributed by atoms with Crippen LogP contribution in [0.3, 0.4) is 0 Å². The Bertz CT molecular complexity index is 742. The minimum Gasteiger partial charge on any atom is -0.357 e. The Kier molecular flexibility index (Phi) is 3.88. The summed E-state index contributed by atoms with van der Waals surface area (Å²) in [4.78, 5) is 12.3. The van der Waals surface area contributed by atoms with E-state index in [1.54, 1.807) is 17.7 Å². The summed E-state index contributed by atoms with van der Waals surface area (Å²) in [7, 11) is 0. The maximum Gasteiger partial charge on any atom is 0.141 e. The van der Waals surface area contributed by atoms with Crippen molar-refractivity contribution in [3.63, 3.8) is 0 Å². The molecule has 3 rings (SSSR count). The summed E-state index contributed by atoms with van der Waals surface area (Å²) in [5, 5.41) is 3.37. The van der Waals surface area contributed by atoms with E-state index >= 15 is 0 Å². The van der Waals surface area contributed by atoms with Gasteiger partial charge in [-0.2, -0.15) is 0 Å². The Labute approximate surface area is 129 Å². The van der Waals surface area contributed by atoms with E-state index in [1.165, 1.54) is 22.1 Å². The van der Waals surface area contributed by atoms with E-state index in [9.17, 15) is 0 Å². The van der Waals surface area contributed by atoms with Crippen molar-refractivity contribution in [2.75, 3.05) is 18.0 Å². The minimum absolute atomic E-state index is 0.950. The molecule has 0 radical (unpaired) electrons. The Hall–Kier alpha value is -1.94. The second kappa shape index (κ2) is 5.82. The van der Waals surface area contributed by atoms with Crippen LogP contribution in [0.2, 0.25) is 0 Å². The first kappa shape index (κ1) is 14.0. The highest BCUT2D eigenvalue weighted by atomic mass is 32.1. The highest BCUT2D eigenvalue weighted by Crippen LogP contribution is 2.37. The Morgan fingerprint density at radius 2 is 1.76 bits per heavy atom. The SMILES string of the molecule is CCN(CC)c1ncnc2scc(-c3ccc(C)cc3)c12. The number of hydrogen-bond donors (Lipinski definition) is 0. The molecule has 1 aromatic carbocycles. The molecule has 4 heteroatoms. The summed E-state index contributed by atoms with van der Waals surface area (Å²) < 4.78 is 0. The zero-order chi connectivity index (χ0) is 14.8. The number of benzene rings is 1. The van der Waals surface area contributed by atoms with E-state index < -0.39 is 0 Å². The summed E-state index contributed by atoms with van der Waals surface area (Å²) in [6, 6.07) is 8.66. The molecule has 21 heavy (non-hydrogen) atoms. The van der Waals surface area contributed by atoms with Gasteiger partial charge in [-0.1, -0.05) is 29.8 Å². The van der Waals surface area contributed by atoms with Crippen LogP contribution in [0.1, 0.15) is 19.4 Å². The smallest absolute Gasteiger partial charge is 0.141 e. The van der Waals surface area contributed by atoms with Crippen LogP contribution in [-0.2, 0) is 0 Å². The maximum absolute atomic E-state index is 4.55. The fourth-order valence-electron chi connectivity index (χ4n) is 2.57. The van der Waals surface area contributed by atoms with Gasteiger partial charge in [-0.05, 0) is 26.3 Å². The Morgan fingerprint density at radius 3 is 2.43 bits per heavy atom. The molecule has 0 aliphatic carbocycles. The zero-order valence-corrected chi connectivity index (χ0v) is 13.4. The molecule has 0 amide bonds. The number of hydrogen-bond acceptors (Lipinski definition) is 4. The molecule has 0 N–H and O–H groups in total. The molecule has 0 bridgehead atoms. The van der Waals surface area contributed by atoms with E-state index in [0.717, 1.165) is 23.7 Å². The number of anilines is 1. The topological polar surface area (TPSA) is 29.0 Å². The molecular formula is C17H19N3S. The monoisotopic (exact) mass is 297 g/mol. The van der Waals surface area contributed by atoms with Crippen LogP contribution in [-0.4, -0.2) is 23.1 Å². The lowest BCUT2D eigenvalue weighted by Gasteiger charge is -2.20. The van der Waals surface area contributed by atoms with Gasteiger partial charge in [-0.25, -0.2) is 9.97 Å². The summed E-state index contributed by atoms with van der Waals surface area (Å²) in [6.07, 6.45) is 1.67. The van der Waals surface area contributed by atoms with Crippen molar-refractivity contribution in [3.05, 3.63) is 41.5 Å². The van der Waals surface area contributed by atoms with Crippen LogP contribution in [0.4, 0.5) is 5.82 Å². The van der Waals surface area contributed by atoms with Gasteiger partial charge in [0.05, 0.1) is 5.39 Å². The number of aryl methyl sites for hydroxylation is 1. The van der Waals surface area contributed by atoms with Crippen LogP contribution < -0.4 is 4.90 Å². The van der Waals surface area contributed by atoms with Crippen molar-refractivity contribution in [3.8, 4) is 11.1 Å². The lowest BCUT2D eigenvalue weighted by molar-refractivity contribution is 0.849. The highest BCUT2D eigenvalue weighted by molar-refractivity contribution is 7.17. The normalized spacial score (nSPS) is 11.0. The van der Waals surface area contributed by atoms with Crippen LogP contribution >= 0.6 is 11.3 Å². The fraction of sp³-hybridized carbons (Fsp3) is 0.294. The number of fused-ring (bicyclic) bond motifs is 1. The van der Waals surface area contributed by atoms with Gasteiger partial charge in [0.25, 0.3) is 0 Å². The lowest BCUT2D eigenvalue weighted by Crippen LogP contribution is -2.23. The van der Waals surface area contributed by atoms with Gasteiger partial charge in [0.1, 0.15) is 17.0 Å². The molecule has 0 aliphatic heterocycles. The first-order chi connectivity index (χ1) is 10.2. The van der Waals surface area contributed by atoms with E-state index in [4.69, 9.17) is 0 Å². The van der Waals surface area contributed by atoms with Crippen molar-refractivity contribution in [2.45, 2.75) is 20.8 Å². The number of aromatic nitrogens is 2. The summed E-state index contributed by atoms with van der Waals surface area (Å²) in [6.45, 7) is 8.34. The third kappa shape index (κ3) is 2.51. The van der Waals surface area contributed by atoms with E-state index in [2.05, 4.69) is 65.3 Å². The number of rotatable bonds is 4. The van der Waals surface area contributed by atoms with Crippen LogP contribution in [0, 0.1) is 6.92 Å². The molecule has 0 aliphatic rings. The highest BCUT2D eigenvalue weighted by Gasteiger charge is 2.16. The van der Waals surface area contributed by atoms with E-state index in [0.29, 0.717) is 0 Å².